The van der Waals surface area contributed by atoms with Crippen LogP contribution in [0.3, 0.4) is 0 Å². The van der Waals surface area contributed by atoms with Crippen molar-refractivity contribution in [2.24, 2.45) is 0 Å². The highest BCUT2D eigenvalue weighted by atomic mass is 15.1. The van der Waals surface area contributed by atoms with Crippen LogP contribution >= 0.6 is 0 Å². The second kappa shape index (κ2) is 11.4. The van der Waals surface area contributed by atoms with Crippen molar-refractivity contribution in [3.63, 3.8) is 0 Å². The summed E-state index contributed by atoms with van der Waals surface area (Å²) < 4.78 is 0. The van der Waals surface area contributed by atoms with Crippen LogP contribution in [0.1, 0.15) is 52.4 Å². The second-order valence-electron chi connectivity index (χ2n) is 5.01. The molecule has 2 nitrogen and oxygen atoms in total. The van der Waals surface area contributed by atoms with Crippen LogP contribution in [0.4, 0.5) is 0 Å². The van der Waals surface area contributed by atoms with Crippen LogP contribution in [0, 0.1) is 0 Å². The van der Waals surface area contributed by atoms with Gasteiger partial charge in [0.05, 0.1) is 0 Å². The summed E-state index contributed by atoms with van der Waals surface area (Å²) in [6.07, 6.45) is 8.28. The lowest BCUT2D eigenvalue weighted by Gasteiger charge is -2.21. The first-order chi connectivity index (χ1) is 7.70. The van der Waals surface area contributed by atoms with Crippen LogP contribution < -0.4 is 0 Å². The third-order valence-corrected chi connectivity index (χ3v) is 3.10. The number of hydrogen-bond acceptors (Lipinski definition) is 2. The van der Waals surface area contributed by atoms with Gasteiger partial charge >= 0.3 is 0 Å². The smallest absolute Gasteiger partial charge is 0.000667 e. The van der Waals surface area contributed by atoms with Crippen LogP contribution in [0.25, 0.3) is 0 Å². The molecule has 2 heteroatoms. The van der Waals surface area contributed by atoms with Gasteiger partial charge < -0.3 is 9.80 Å². The zero-order chi connectivity index (χ0) is 12.2. The zero-order valence-electron chi connectivity index (χ0n) is 12.0. The maximum absolute atomic E-state index is 2.59. The van der Waals surface area contributed by atoms with Crippen molar-refractivity contribution in [2.45, 2.75) is 52.4 Å². The average Bonchev–Trinajstić information content (AvgIpc) is 2.26. The van der Waals surface area contributed by atoms with Gasteiger partial charge in [-0.1, -0.05) is 39.5 Å². The van der Waals surface area contributed by atoms with E-state index in [0.717, 1.165) is 0 Å². The van der Waals surface area contributed by atoms with E-state index in [1.807, 2.05) is 0 Å². The molecule has 0 N–H and O–H groups in total. The molecule has 98 valence electrons. The van der Waals surface area contributed by atoms with E-state index in [-0.39, 0.29) is 0 Å². The Morgan fingerprint density at radius 2 is 1.31 bits per heavy atom. The predicted octanol–water partition coefficient (Wildman–Crippen LogP) is 3.23. The summed E-state index contributed by atoms with van der Waals surface area (Å²) in [7, 11) is 4.31. The van der Waals surface area contributed by atoms with Crippen molar-refractivity contribution in [3.05, 3.63) is 0 Å². The highest BCUT2D eigenvalue weighted by Crippen LogP contribution is 2.04. The Morgan fingerprint density at radius 1 is 0.688 bits per heavy atom. The lowest BCUT2D eigenvalue weighted by atomic mass is 10.1. The fourth-order valence-electron chi connectivity index (χ4n) is 1.98. The van der Waals surface area contributed by atoms with Gasteiger partial charge in [-0.2, -0.15) is 0 Å². The monoisotopic (exact) mass is 228 g/mol. The molecule has 0 rings (SSSR count). The Hall–Kier alpha value is -0.0800. The van der Waals surface area contributed by atoms with Gasteiger partial charge in [-0.05, 0) is 53.1 Å². The van der Waals surface area contributed by atoms with Gasteiger partial charge in [-0.25, -0.2) is 0 Å². The number of hydrogen-bond donors (Lipinski definition) is 0. The zero-order valence-corrected chi connectivity index (χ0v) is 12.0. The normalized spacial score (nSPS) is 11.6. The van der Waals surface area contributed by atoms with Crippen molar-refractivity contribution in [1.29, 1.82) is 0 Å². The topological polar surface area (TPSA) is 6.48 Å². The fourth-order valence-corrected chi connectivity index (χ4v) is 1.98. The third-order valence-electron chi connectivity index (χ3n) is 3.10. The molecule has 0 aliphatic heterocycles. The summed E-state index contributed by atoms with van der Waals surface area (Å²) in [5.74, 6) is 0. The summed E-state index contributed by atoms with van der Waals surface area (Å²) in [5.41, 5.74) is 0. The van der Waals surface area contributed by atoms with Gasteiger partial charge in [0.25, 0.3) is 0 Å². The van der Waals surface area contributed by atoms with Gasteiger partial charge in [-0.3, -0.25) is 0 Å². The van der Waals surface area contributed by atoms with E-state index in [9.17, 15) is 0 Å². The van der Waals surface area contributed by atoms with Gasteiger partial charge in [-0.15, -0.1) is 0 Å². The molecule has 0 saturated heterocycles. The lowest BCUT2D eigenvalue weighted by Crippen LogP contribution is -2.28. The molecule has 0 amide bonds. The van der Waals surface area contributed by atoms with Gasteiger partial charge in [0, 0.05) is 0 Å². The minimum absolute atomic E-state index is 1.21. The van der Waals surface area contributed by atoms with E-state index < -0.39 is 0 Å². The van der Waals surface area contributed by atoms with Crippen molar-refractivity contribution in [1.82, 2.24) is 9.80 Å². The first-order valence-electron chi connectivity index (χ1n) is 7.07. The molecule has 0 aromatic heterocycles. The van der Waals surface area contributed by atoms with E-state index in [4.69, 9.17) is 0 Å². The van der Waals surface area contributed by atoms with Crippen LogP contribution in [-0.2, 0) is 0 Å². The maximum atomic E-state index is 2.59. The average molecular weight is 228 g/mol. The molecule has 0 unspecified atom stereocenters. The summed E-state index contributed by atoms with van der Waals surface area (Å²) in [5, 5.41) is 0. The molecule has 0 fully saturated rings. The van der Waals surface area contributed by atoms with Crippen molar-refractivity contribution >= 4 is 0 Å². The Labute approximate surface area is 103 Å². The summed E-state index contributed by atoms with van der Waals surface area (Å²) >= 11 is 0. The third kappa shape index (κ3) is 10.4. The molecule has 0 saturated carbocycles. The molecule has 0 bridgehead atoms. The SMILES string of the molecule is CCCCCCCN(CC)CCCN(C)C. The van der Waals surface area contributed by atoms with Crippen molar-refractivity contribution < 1.29 is 0 Å². The molecule has 0 aliphatic rings. The number of rotatable bonds is 11. The molecular formula is C14H32N2. The summed E-state index contributed by atoms with van der Waals surface area (Å²) in [6, 6.07) is 0. The molecule has 0 atom stereocenters. The van der Waals surface area contributed by atoms with Gasteiger partial charge in [0.2, 0.25) is 0 Å². The molecule has 0 aromatic rings. The molecule has 0 aliphatic carbocycles. The number of nitrogens with zero attached hydrogens (tertiary/aromatic N) is 2. The first-order valence-corrected chi connectivity index (χ1v) is 7.07. The number of unbranched alkanes of at least 4 members (excludes halogenated alkanes) is 4. The molecular weight excluding hydrogens is 196 g/mol. The molecule has 0 spiro atoms. The standard InChI is InChI=1S/C14H32N2/c1-5-7-8-9-10-13-16(6-2)14-11-12-15(3)4/h5-14H2,1-4H3. The molecule has 0 radical (unpaired) electrons. The minimum atomic E-state index is 1.21. The Kier molecular flexibility index (Phi) is 11.3. The lowest BCUT2D eigenvalue weighted by molar-refractivity contribution is 0.261. The first kappa shape index (κ1) is 15.9. The largest absolute Gasteiger partial charge is 0.309 e. The Bertz CT molecular complexity index is 135. The van der Waals surface area contributed by atoms with E-state index in [0.29, 0.717) is 0 Å². The van der Waals surface area contributed by atoms with Crippen LogP contribution in [-0.4, -0.2) is 50.1 Å². The molecule has 16 heavy (non-hydrogen) atoms. The van der Waals surface area contributed by atoms with E-state index in [2.05, 4.69) is 37.7 Å². The maximum Gasteiger partial charge on any atom is -0.000667 e. The minimum Gasteiger partial charge on any atom is -0.309 e. The van der Waals surface area contributed by atoms with Crippen molar-refractivity contribution in [2.75, 3.05) is 40.3 Å². The molecule has 0 heterocycles. The summed E-state index contributed by atoms with van der Waals surface area (Å²) in [4.78, 5) is 4.87. The van der Waals surface area contributed by atoms with E-state index in [1.165, 1.54) is 64.7 Å². The Morgan fingerprint density at radius 3 is 1.88 bits per heavy atom. The van der Waals surface area contributed by atoms with Gasteiger partial charge in [0.1, 0.15) is 0 Å². The highest BCUT2D eigenvalue weighted by molar-refractivity contribution is 4.57. The van der Waals surface area contributed by atoms with Crippen LogP contribution in [0.5, 0.6) is 0 Å². The molecule has 0 aromatic carbocycles. The summed E-state index contributed by atoms with van der Waals surface area (Å²) in [6.45, 7) is 9.55. The predicted molar refractivity (Wildman–Crippen MR) is 74.0 cm³/mol. The van der Waals surface area contributed by atoms with Gasteiger partial charge in [0.15, 0.2) is 0 Å². The Balaban J connectivity index is 3.36. The second-order valence-corrected chi connectivity index (χ2v) is 5.01. The van der Waals surface area contributed by atoms with Crippen LogP contribution in [0.15, 0.2) is 0 Å². The van der Waals surface area contributed by atoms with Crippen LogP contribution in [0.2, 0.25) is 0 Å². The fraction of sp³-hybridized carbons (Fsp3) is 1.00. The highest BCUT2D eigenvalue weighted by Gasteiger charge is 2.01. The van der Waals surface area contributed by atoms with Crippen molar-refractivity contribution in [3.8, 4) is 0 Å². The quantitative estimate of drug-likeness (QED) is 0.501. The van der Waals surface area contributed by atoms with E-state index in [1.54, 1.807) is 0 Å². The van der Waals surface area contributed by atoms with E-state index >= 15 is 0 Å².